The van der Waals surface area contributed by atoms with Crippen molar-refractivity contribution in [1.82, 2.24) is 10.2 Å². The molecule has 20 heavy (non-hydrogen) atoms. The predicted molar refractivity (Wildman–Crippen MR) is 89.6 cm³/mol. The third-order valence-corrected chi connectivity index (χ3v) is 4.63. The Morgan fingerprint density at radius 2 is 1.75 bits per heavy atom. The Kier molecular flexibility index (Phi) is 7.79. The van der Waals surface area contributed by atoms with Gasteiger partial charge in [-0.2, -0.15) is 0 Å². The fourth-order valence-corrected chi connectivity index (χ4v) is 3.68. The summed E-state index contributed by atoms with van der Waals surface area (Å²) in [6.45, 7) is 4.05. The number of phenols is 1. The van der Waals surface area contributed by atoms with E-state index in [0.29, 0.717) is 15.4 Å². The van der Waals surface area contributed by atoms with Gasteiger partial charge in [0, 0.05) is 38.8 Å². The number of aliphatic hydroxyl groups excluding tert-OH is 1. The van der Waals surface area contributed by atoms with E-state index in [4.69, 9.17) is 0 Å². The molecule has 1 heterocycles. The minimum absolute atomic E-state index is 0. The van der Waals surface area contributed by atoms with Crippen molar-refractivity contribution < 1.29 is 10.2 Å². The molecule has 0 bridgehead atoms. The van der Waals surface area contributed by atoms with Gasteiger partial charge in [0.25, 0.3) is 0 Å². The van der Waals surface area contributed by atoms with Crippen molar-refractivity contribution in [2.75, 3.05) is 32.8 Å². The summed E-state index contributed by atoms with van der Waals surface area (Å²) in [6.07, 6.45) is 0.698. The Balaban J connectivity index is 0.00000200. The summed E-state index contributed by atoms with van der Waals surface area (Å²) >= 11 is 6.73. The summed E-state index contributed by atoms with van der Waals surface area (Å²) in [5.74, 6) is 0.215. The largest absolute Gasteiger partial charge is 0.506 e. The van der Waals surface area contributed by atoms with Crippen LogP contribution in [0.5, 0.6) is 5.75 Å². The lowest BCUT2D eigenvalue weighted by Gasteiger charge is -2.35. The maximum absolute atomic E-state index is 9.79. The molecule has 0 aliphatic carbocycles. The van der Waals surface area contributed by atoms with E-state index in [1.165, 1.54) is 0 Å². The van der Waals surface area contributed by atoms with Crippen LogP contribution in [0.3, 0.4) is 0 Å². The van der Waals surface area contributed by atoms with Gasteiger partial charge in [-0.15, -0.1) is 12.4 Å². The predicted octanol–water partition coefficient (Wildman–Crippen LogP) is 2.67. The summed E-state index contributed by atoms with van der Waals surface area (Å²) < 4.78 is 1.35. The average Bonchev–Trinajstić information content (AvgIpc) is 2.42. The average molecular weight is 431 g/mol. The van der Waals surface area contributed by atoms with E-state index >= 15 is 0 Å². The molecule has 1 aromatic rings. The molecule has 1 fully saturated rings. The second-order valence-corrected chi connectivity index (χ2v) is 6.36. The zero-order valence-electron chi connectivity index (χ0n) is 11.0. The number of hydrogen-bond acceptors (Lipinski definition) is 4. The highest BCUT2D eigenvalue weighted by Crippen LogP contribution is 2.37. The quantitative estimate of drug-likeness (QED) is 0.688. The SMILES string of the molecule is Cl.OCC[C@H](c1cc(Br)c(O)c(Br)c1)N1CCNCC1. The van der Waals surface area contributed by atoms with E-state index in [2.05, 4.69) is 42.1 Å². The van der Waals surface area contributed by atoms with Gasteiger partial charge in [-0.25, -0.2) is 0 Å². The van der Waals surface area contributed by atoms with Gasteiger partial charge < -0.3 is 15.5 Å². The van der Waals surface area contributed by atoms with Crippen LogP contribution in [-0.2, 0) is 0 Å². The molecule has 0 aromatic heterocycles. The molecule has 0 radical (unpaired) electrons. The molecule has 1 atom stereocenters. The number of aromatic hydroxyl groups is 1. The van der Waals surface area contributed by atoms with Crippen molar-refractivity contribution in [3.05, 3.63) is 26.6 Å². The van der Waals surface area contributed by atoms with E-state index in [1.807, 2.05) is 12.1 Å². The molecule has 114 valence electrons. The van der Waals surface area contributed by atoms with Crippen LogP contribution < -0.4 is 5.32 Å². The fourth-order valence-electron chi connectivity index (χ4n) is 2.45. The van der Waals surface area contributed by atoms with Gasteiger partial charge in [0.05, 0.1) is 8.95 Å². The van der Waals surface area contributed by atoms with Gasteiger partial charge in [0.15, 0.2) is 0 Å². The summed E-state index contributed by atoms with van der Waals surface area (Å²) in [4.78, 5) is 2.37. The first-order valence-electron chi connectivity index (χ1n) is 6.37. The zero-order chi connectivity index (χ0) is 13.8. The lowest BCUT2D eigenvalue weighted by molar-refractivity contribution is 0.141. The molecule has 7 heteroatoms. The van der Waals surface area contributed by atoms with E-state index in [0.717, 1.165) is 31.7 Å². The summed E-state index contributed by atoms with van der Waals surface area (Å²) in [6, 6.07) is 4.05. The van der Waals surface area contributed by atoms with Gasteiger partial charge in [-0.05, 0) is 56.0 Å². The molecule has 0 spiro atoms. The fraction of sp³-hybridized carbons (Fsp3) is 0.538. The van der Waals surface area contributed by atoms with Crippen molar-refractivity contribution in [2.24, 2.45) is 0 Å². The summed E-state index contributed by atoms with van der Waals surface area (Å²) in [5.41, 5.74) is 1.10. The smallest absolute Gasteiger partial charge is 0.143 e. The third-order valence-electron chi connectivity index (χ3n) is 3.42. The first-order chi connectivity index (χ1) is 9.13. The second kappa shape index (κ2) is 8.56. The lowest BCUT2D eigenvalue weighted by Crippen LogP contribution is -2.45. The Labute approximate surface area is 142 Å². The first-order valence-corrected chi connectivity index (χ1v) is 7.95. The summed E-state index contributed by atoms with van der Waals surface area (Å²) in [5, 5.41) is 22.4. The molecule has 3 N–H and O–H groups in total. The van der Waals surface area contributed by atoms with E-state index in [1.54, 1.807) is 0 Å². The number of hydrogen-bond donors (Lipinski definition) is 3. The molecule has 0 unspecified atom stereocenters. The van der Waals surface area contributed by atoms with E-state index in [9.17, 15) is 10.2 Å². The molecular weight excluding hydrogens is 411 g/mol. The molecule has 4 nitrogen and oxygen atoms in total. The number of phenolic OH excluding ortho intramolecular Hbond substituents is 1. The highest BCUT2D eigenvalue weighted by Gasteiger charge is 2.23. The number of halogens is 3. The number of nitrogens with zero attached hydrogens (tertiary/aromatic N) is 1. The molecule has 1 aliphatic rings. The van der Waals surface area contributed by atoms with Crippen molar-refractivity contribution in [2.45, 2.75) is 12.5 Å². The molecular formula is C13H19Br2ClN2O2. The van der Waals surface area contributed by atoms with Crippen LogP contribution in [0.4, 0.5) is 0 Å². The maximum atomic E-state index is 9.79. The zero-order valence-corrected chi connectivity index (χ0v) is 15.0. The highest BCUT2D eigenvalue weighted by molar-refractivity contribution is 9.11. The monoisotopic (exact) mass is 428 g/mol. The standard InChI is InChI=1S/C13H18Br2N2O2.ClH/c14-10-7-9(8-11(15)13(10)19)12(1-6-18)17-4-2-16-3-5-17;/h7-8,12,16,18-19H,1-6H2;1H/t12-;/m1./s1. The molecule has 0 amide bonds. The number of rotatable bonds is 4. The van der Waals surface area contributed by atoms with Crippen LogP contribution in [0.2, 0.25) is 0 Å². The van der Waals surface area contributed by atoms with Gasteiger partial charge in [0.2, 0.25) is 0 Å². The van der Waals surface area contributed by atoms with Crippen LogP contribution >= 0.6 is 44.3 Å². The van der Waals surface area contributed by atoms with E-state index < -0.39 is 0 Å². The maximum Gasteiger partial charge on any atom is 0.143 e. The lowest BCUT2D eigenvalue weighted by atomic mass is 10.0. The number of nitrogens with one attached hydrogen (secondary N) is 1. The topological polar surface area (TPSA) is 55.7 Å². The normalized spacial score (nSPS) is 17.6. The van der Waals surface area contributed by atoms with Gasteiger partial charge in [0.1, 0.15) is 5.75 Å². The van der Waals surface area contributed by atoms with Crippen LogP contribution in [0, 0.1) is 0 Å². The molecule has 1 aromatic carbocycles. The molecule has 1 aliphatic heterocycles. The summed E-state index contributed by atoms with van der Waals surface area (Å²) in [7, 11) is 0. The number of benzene rings is 1. The first kappa shape index (κ1) is 18.2. The highest BCUT2D eigenvalue weighted by atomic mass is 79.9. The number of aliphatic hydroxyl groups is 1. The van der Waals surface area contributed by atoms with Crippen LogP contribution in [0.1, 0.15) is 18.0 Å². The van der Waals surface area contributed by atoms with Crippen LogP contribution in [-0.4, -0.2) is 47.9 Å². The minimum atomic E-state index is 0. The van der Waals surface area contributed by atoms with Gasteiger partial charge >= 0.3 is 0 Å². The van der Waals surface area contributed by atoms with Gasteiger partial charge in [-0.3, -0.25) is 4.90 Å². The van der Waals surface area contributed by atoms with Crippen molar-refractivity contribution in [1.29, 1.82) is 0 Å². The minimum Gasteiger partial charge on any atom is -0.506 e. The Hall–Kier alpha value is 0.150. The Bertz CT molecular complexity index is 419. The van der Waals surface area contributed by atoms with Crippen LogP contribution in [0.15, 0.2) is 21.1 Å². The van der Waals surface area contributed by atoms with Gasteiger partial charge in [-0.1, -0.05) is 0 Å². The van der Waals surface area contributed by atoms with Crippen molar-refractivity contribution in [3.8, 4) is 5.75 Å². The Morgan fingerprint density at radius 1 is 1.20 bits per heavy atom. The molecule has 2 rings (SSSR count). The van der Waals surface area contributed by atoms with Crippen molar-refractivity contribution >= 4 is 44.3 Å². The van der Waals surface area contributed by atoms with Crippen LogP contribution in [0.25, 0.3) is 0 Å². The Morgan fingerprint density at radius 3 is 2.25 bits per heavy atom. The molecule has 0 saturated carbocycles. The van der Waals surface area contributed by atoms with Crippen molar-refractivity contribution in [3.63, 3.8) is 0 Å². The molecule has 1 saturated heterocycles. The second-order valence-electron chi connectivity index (χ2n) is 4.65. The third kappa shape index (κ3) is 4.32. The number of piperazine rings is 1. The van der Waals surface area contributed by atoms with E-state index in [-0.39, 0.29) is 30.8 Å².